The van der Waals surface area contributed by atoms with Gasteiger partial charge in [-0.1, -0.05) is 0 Å². The van der Waals surface area contributed by atoms with E-state index in [0.29, 0.717) is 24.6 Å². The molecular formula is C12H19N3O3S. The molecule has 1 unspecified atom stereocenters. The lowest BCUT2D eigenvalue weighted by Crippen LogP contribution is -2.23. The minimum Gasteiger partial charge on any atom is -0.397 e. The van der Waals surface area contributed by atoms with E-state index in [0.717, 1.165) is 6.42 Å². The van der Waals surface area contributed by atoms with Crippen molar-refractivity contribution in [1.82, 2.24) is 4.31 Å². The molecule has 19 heavy (non-hydrogen) atoms. The van der Waals surface area contributed by atoms with Crippen LogP contribution in [0.15, 0.2) is 23.1 Å². The highest BCUT2D eigenvalue weighted by molar-refractivity contribution is 7.89. The van der Waals surface area contributed by atoms with Crippen LogP contribution in [0.25, 0.3) is 0 Å². The third-order valence-electron chi connectivity index (χ3n) is 3.09. The fraction of sp³-hybridized carbons (Fsp3) is 0.500. The first-order valence-electron chi connectivity index (χ1n) is 6.07. The number of nitrogens with zero attached hydrogens (tertiary/aromatic N) is 1. The third kappa shape index (κ3) is 2.99. The van der Waals surface area contributed by atoms with Gasteiger partial charge in [0.1, 0.15) is 0 Å². The van der Waals surface area contributed by atoms with Crippen molar-refractivity contribution in [2.45, 2.75) is 17.4 Å². The molecule has 0 aromatic heterocycles. The monoisotopic (exact) mass is 285 g/mol. The van der Waals surface area contributed by atoms with Gasteiger partial charge >= 0.3 is 0 Å². The normalized spacial score (nSPS) is 19.8. The fourth-order valence-corrected chi connectivity index (χ4v) is 2.83. The number of ether oxygens (including phenoxy) is 1. The van der Waals surface area contributed by atoms with Crippen LogP contribution in [0.5, 0.6) is 0 Å². The van der Waals surface area contributed by atoms with Gasteiger partial charge in [0, 0.05) is 20.7 Å². The predicted octanol–water partition coefficient (Wildman–Crippen LogP) is 0.720. The Bertz CT molecular complexity index is 551. The van der Waals surface area contributed by atoms with Crippen molar-refractivity contribution in [3.05, 3.63) is 18.2 Å². The zero-order valence-electron chi connectivity index (χ0n) is 11.1. The summed E-state index contributed by atoms with van der Waals surface area (Å²) in [4.78, 5) is 0.230. The molecule has 2 rings (SSSR count). The van der Waals surface area contributed by atoms with Gasteiger partial charge in [-0.05, 0) is 24.6 Å². The van der Waals surface area contributed by atoms with Crippen LogP contribution in [-0.4, -0.2) is 46.1 Å². The molecule has 7 heteroatoms. The SMILES string of the molecule is CN(C)S(=O)(=O)c1ccc(N)c(NC2CCOC2)c1. The molecule has 1 aromatic rings. The number of rotatable bonds is 4. The summed E-state index contributed by atoms with van der Waals surface area (Å²) in [6.07, 6.45) is 0.893. The second-order valence-electron chi connectivity index (χ2n) is 4.74. The zero-order chi connectivity index (χ0) is 14.0. The molecule has 0 saturated carbocycles. The number of nitrogens with two attached hydrogens (primary N) is 1. The smallest absolute Gasteiger partial charge is 0.242 e. The van der Waals surface area contributed by atoms with Crippen molar-refractivity contribution in [2.75, 3.05) is 38.4 Å². The largest absolute Gasteiger partial charge is 0.397 e. The minimum atomic E-state index is -3.44. The van der Waals surface area contributed by atoms with Gasteiger partial charge in [-0.25, -0.2) is 12.7 Å². The fourth-order valence-electron chi connectivity index (χ4n) is 1.90. The van der Waals surface area contributed by atoms with Crippen LogP contribution < -0.4 is 11.1 Å². The highest BCUT2D eigenvalue weighted by Crippen LogP contribution is 2.26. The Balaban J connectivity index is 2.29. The molecule has 0 radical (unpaired) electrons. The van der Waals surface area contributed by atoms with Gasteiger partial charge in [-0.15, -0.1) is 0 Å². The second-order valence-corrected chi connectivity index (χ2v) is 6.89. The predicted molar refractivity (Wildman–Crippen MR) is 74.6 cm³/mol. The summed E-state index contributed by atoms with van der Waals surface area (Å²) in [6, 6.07) is 4.87. The molecule has 1 aromatic carbocycles. The molecule has 1 aliphatic heterocycles. The van der Waals surface area contributed by atoms with Crippen molar-refractivity contribution >= 4 is 21.4 Å². The van der Waals surface area contributed by atoms with Crippen LogP contribution in [0.4, 0.5) is 11.4 Å². The number of anilines is 2. The van der Waals surface area contributed by atoms with Crippen LogP contribution in [0, 0.1) is 0 Å². The molecule has 1 fully saturated rings. The Morgan fingerprint density at radius 1 is 1.42 bits per heavy atom. The highest BCUT2D eigenvalue weighted by atomic mass is 32.2. The van der Waals surface area contributed by atoms with Gasteiger partial charge in [0.05, 0.1) is 28.9 Å². The van der Waals surface area contributed by atoms with Crippen molar-refractivity contribution in [3.8, 4) is 0 Å². The summed E-state index contributed by atoms with van der Waals surface area (Å²) in [6.45, 7) is 1.33. The first-order chi connectivity index (χ1) is 8.91. The van der Waals surface area contributed by atoms with Crippen LogP contribution in [0.1, 0.15) is 6.42 Å². The van der Waals surface area contributed by atoms with Gasteiger partial charge in [0.15, 0.2) is 0 Å². The lowest BCUT2D eigenvalue weighted by Gasteiger charge is -2.17. The number of nitrogen functional groups attached to an aromatic ring is 1. The molecule has 6 nitrogen and oxygen atoms in total. The summed E-state index contributed by atoms with van der Waals surface area (Å²) in [5.41, 5.74) is 7.04. The Labute approximate surface area is 113 Å². The average molecular weight is 285 g/mol. The minimum absolute atomic E-state index is 0.180. The number of hydrogen-bond donors (Lipinski definition) is 2. The zero-order valence-corrected chi connectivity index (χ0v) is 11.9. The molecule has 106 valence electrons. The van der Waals surface area contributed by atoms with E-state index in [1.807, 2.05) is 0 Å². The van der Waals surface area contributed by atoms with Gasteiger partial charge in [0.2, 0.25) is 10.0 Å². The van der Waals surface area contributed by atoms with Crippen molar-refractivity contribution in [3.63, 3.8) is 0 Å². The van der Waals surface area contributed by atoms with Crippen molar-refractivity contribution < 1.29 is 13.2 Å². The van der Waals surface area contributed by atoms with Gasteiger partial charge in [0.25, 0.3) is 0 Å². The number of sulfonamides is 1. The maximum absolute atomic E-state index is 12.1. The number of nitrogens with one attached hydrogen (secondary N) is 1. The molecule has 0 aliphatic carbocycles. The topological polar surface area (TPSA) is 84.7 Å². The van der Waals surface area contributed by atoms with Crippen LogP contribution >= 0.6 is 0 Å². The second kappa shape index (κ2) is 5.36. The number of benzene rings is 1. The van der Waals surface area contributed by atoms with Gasteiger partial charge < -0.3 is 15.8 Å². The van der Waals surface area contributed by atoms with E-state index >= 15 is 0 Å². The molecule has 0 amide bonds. The van der Waals surface area contributed by atoms with Gasteiger partial charge in [-0.3, -0.25) is 0 Å². The molecule has 1 atom stereocenters. The van der Waals surface area contributed by atoms with E-state index in [4.69, 9.17) is 10.5 Å². The molecule has 0 bridgehead atoms. The molecule has 1 heterocycles. The van der Waals surface area contributed by atoms with E-state index in [1.165, 1.54) is 24.5 Å². The molecule has 3 N–H and O–H groups in total. The molecule has 0 spiro atoms. The van der Waals surface area contributed by atoms with E-state index in [2.05, 4.69) is 5.32 Å². The molecule has 1 saturated heterocycles. The first-order valence-corrected chi connectivity index (χ1v) is 7.51. The van der Waals surface area contributed by atoms with E-state index in [1.54, 1.807) is 12.1 Å². The Morgan fingerprint density at radius 2 is 2.16 bits per heavy atom. The van der Waals surface area contributed by atoms with E-state index in [-0.39, 0.29) is 10.9 Å². The van der Waals surface area contributed by atoms with Crippen molar-refractivity contribution in [2.24, 2.45) is 0 Å². The van der Waals surface area contributed by atoms with Crippen LogP contribution in [0.2, 0.25) is 0 Å². The third-order valence-corrected chi connectivity index (χ3v) is 4.90. The summed E-state index contributed by atoms with van der Waals surface area (Å²) in [5.74, 6) is 0. The first kappa shape index (κ1) is 14.1. The average Bonchev–Trinajstić information content (AvgIpc) is 2.84. The van der Waals surface area contributed by atoms with Crippen molar-refractivity contribution in [1.29, 1.82) is 0 Å². The van der Waals surface area contributed by atoms with Crippen LogP contribution in [-0.2, 0) is 14.8 Å². The molecule has 1 aliphatic rings. The van der Waals surface area contributed by atoms with E-state index in [9.17, 15) is 8.42 Å². The lowest BCUT2D eigenvalue weighted by molar-refractivity contribution is 0.195. The number of hydrogen-bond acceptors (Lipinski definition) is 5. The Morgan fingerprint density at radius 3 is 2.74 bits per heavy atom. The Hall–Kier alpha value is -1.31. The van der Waals surface area contributed by atoms with Crippen LogP contribution in [0.3, 0.4) is 0 Å². The lowest BCUT2D eigenvalue weighted by atomic mass is 10.2. The maximum atomic E-state index is 12.1. The highest BCUT2D eigenvalue weighted by Gasteiger charge is 2.20. The van der Waals surface area contributed by atoms with E-state index < -0.39 is 10.0 Å². The standard InChI is InChI=1S/C12H19N3O3S/c1-15(2)19(16,17)10-3-4-11(13)12(7-10)14-9-5-6-18-8-9/h3-4,7,9,14H,5-6,8,13H2,1-2H3. The molecular weight excluding hydrogens is 266 g/mol. The van der Waals surface area contributed by atoms with Gasteiger partial charge in [-0.2, -0.15) is 0 Å². The Kier molecular flexibility index (Phi) is 3.98. The summed E-state index contributed by atoms with van der Waals surface area (Å²) in [7, 11) is -0.436. The summed E-state index contributed by atoms with van der Waals surface area (Å²) >= 11 is 0. The summed E-state index contributed by atoms with van der Waals surface area (Å²) in [5, 5.41) is 3.23. The summed E-state index contributed by atoms with van der Waals surface area (Å²) < 4.78 is 30.6. The quantitative estimate of drug-likeness (QED) is 0.796. The maximum Gasteiger partial charge on any atom is 0.242 e.